The molecule has 0 radical (unpaired) electrons. The first-order chi connectivity index (χ1) is 24.1. The van der Waals surface area contributed by atoms with Gasteiger partial charge in [0, 0.05) is 31.1 Å². The molecule has 3 aliphatic heterocycles. The van der Waals surface area contributed by atoms with Crippen LogP contribution in [0, 0.1) is 11.7 Å². The Kier molecular flexibility index (Phi) is 10.1. The Hall–Kier alpha value is -4.25. The first kappa shape index (κ1) is 36.5. The van der Waals surface area contributed by atoms with Gasteiger partial charge in [0.1, 0.15) is 35.1 Å². The van der Waals surface area contributed by atoms with E-state index in [0.717, 1.165) is 0 Å². The SMILES string of the molecule is CC(C)(C)OC(=O)N[C@H]1CCCOCC=C[C@@H]2C[C@@]2(C(=O)NS(=O)(=O)C2CC2)NC(=O)[C@@H]2C[C@@H](OC(=O)N3Cc4cccc(F)c4C3)CN2C1=O. The number of hydrogen-bond donors (Lipinski definition) is 3. The number of halogens is 1. The van der Waals surface area contributed by atoms with E-state index in [1.807, 2.05) is 0 Å². The Balaban J connectivity index is 1.25. The topological polar surface area (TPSA) is 190 Å². The first-order valence-corrected chi connectivity index (χ1v) is 18.8. The summed E-state index contributed by atoms with van der Waals surface area (Å²) in [4.78, 5) is 70.6. The van der Waals surface area contributed by atoms with Crippen molar-refractivity contribution in [2.75, 3.05) is 19.8 Å². The van der Waals surface area contributed by atoms with Crippen molar-refractivity contribution >= 4 is 39.9 Å². The molecule has 2 saturated carbocycles. The fourth-order valence-electron chi connectivity index (χ4n) is 6.74. The Morgan fingerprint density at radius 2 is 1.88 bits per heavy atom. The maximum atomic E-state index is 14.4. The molecule has 0 aromatic heterocycles. The van der Waals surface area contributed by atoms with Crippen LogP contribution in [0.25, 0.3) is 0 Å². The van der Waals surface area contributed by atoms with Crippen LogP contribution in [-0.2, 0) is 51.7 Å². The number of sulfonamides is 1. The zero-order chi connectivity index (χ0) is 36.7. The van der Waals surface area contributed by atoms with E-state index in [4.69, 9.17) is 14.2 Å². The summed E-state index contributed by atoms with van der Waals surface area (Å²) in [5.74, 6) is -3.28. The number of carbonyl (C=O) groups is 5. The minimum absolute atomic E-state index is 0.0135. The van der Waals surface area contributed by atoms with Crippen LogP contribution in [0.5, 0.6) is 0 Å². The summed E-state index contributed by atoms with van der Waals surface area (Å²) < 4.78 is 58.8. The van der Waals surface area contributed by atoms with Crippen LogP contribution in [0.2, 0.25) is 0 Å². The average Bonchev–Trinajstić information content (AvgIpc) is 3.93. The van der Waals surface area contributed by atoms with Crippen molar-refractivity contribution in [3.05, 3.63) is 47.3 Å². The van der Waals surface area contributed by atoms with Crippen LogP contribution >= 0.6 is 0 Å². The molecule has 1 saturated heterocycles. The molecule has 17 heteroatoms. The molecule has 5 atom stereocenters. The maximum Gasteiger partial charge on any atom is 0.410 e. The lowest BCUT2D eigenvalue weighted by molar-refractivity contribution is -0.141. The molecule has 3 N–H and O–H groups in total. The van der Waals surface area contributed by atoms with Crippen molar-refractivity contribution < 1.29 is 51.0 Å². The number of alkyl carbamates (subject to hydrolysis) is 1. The number of nitrogens with zero attached hydrogens (tertiary/aromatic N) is 2. The van der Waals surface area contributed by atoms with Crippen molar-refractivity contribution in [1.82, 2.24) is 25.2 Å². The zero-order valence-corrected chi connectivity index (χ0v) is 29.6. The Morgan fingerprint density at radius 3 is 2.59 bits per heavy atom. The predicted molar refractivity (Wildman–Crippen MR) is 177 cm³/mol. The van der Waals surface area contributed by atoms with Crippen LogP contribution in [0.1, 0.15) is 70.4 Å². The van der Waals surface area contributed by atoms with Crippen LogP contribution in [-0.4, -0.2) is 102 Å². The molecular formula is C34H44FN5O10S. The summed E-state index contributed by atoms with van der Waals surface area (Å²) in [6, 6.07) is 2.16. The Morgan fingerprint density at radius 1 is 1.12 bits per heavy atom. The minimum atomic E-state index is -3.94. The summed E-state index contributed by atoms with van der Waals surface area (Å²) in [6.07, 6.45) is 2.07. The number of amides is 5. The van der Waals surface area contributed by atoms with Gasteiger partial charge in [-0.05, 0) is 64.5 Å². The normalized spacial score (nSPS) is 28.3. The lowest BCUT2D eigenvalue weighted by Crippen LogP contribution is -2.58. The third-order valence-electron chi connectivity index (χ3n) is 9.62. The molecule has 5 amide bonds. The first-order valence-electron chi connectivity index (χ1n) is 17.2. The summed E-state index contributed by atoms with van der Waals surface area (Å²) in [5, 5.41) is 4.67. The Bertz CT molecular complexity index is 1730. The molecular weight excluding hydrogens is 689 g/mol. The third kappa shape index (κ3) is 8.29. The van der Waals surface area contributed by atoms with E-state index in [0.29, 0.717) is 30.4 Å². The van der Waals surface area contributed by atoms with E-state index >= 15 is 0 Å². The number of carbonyl (C=O) groups excluding carboxylic acids is 5. The second-order valence-electron chi connectivity index (χ2n) is 14.8. The summed E-state index contributed by atoms with van der Waals surface area (Å²) in [5.41, 5.74) is -1.46. The highest BCUT2D eigenvalue weighted by molar-refractivity contribution is 7.91. The molecule has 51 heavy (non-hydrogen) atoms. The van der Waals surface area contributed by atoms with E-state index in [1.165, 1.54) is 15.9 Å². The minimum Gasteiger partial charge on any atom is -0.444 e. The van der Waals surface area contributed by atoms with Gasteiger partial charge in [-0.25, -0.2) is 22.4 Å². The monoisotopic (exact) mass is 733 g/mol. The fraction of sp³-hybridized carbons (Fsp3) is 0.618. The number of rotatable bonds is 5. The average molecular weight is 734 g/mol. The van der Waals surface area contributed by atoms with E-state index in [-0.39, 0.29) is 52.1 Å². The van der Waals surface area contributed by atoms with Crippen LogP contribution in [0.15, 0.2) is 30.4 Å². The molecule has 3 heterocycles. The molecule has 278 valence electrons. The highest BCUT2D eigenvalue weighted by Gasteiger charge is 2.62. The summed E-state index contributed by atoms with van der Waals surface area (Å²) >= 11 is 0. The predicted octanol–water partition coefficient (Wildman–Crippen LogP) is 1.99. The van der Waals surface area contributed by atoms with Gasteiger partial charge >= 0.3 is 12.2 Å². The lowest BCUT2D eigenvalue weighted by Gasteiger charge is -2.30. The maximum absolute atomic E-state index is 14.4. The fourth-order valence-corrected chi connectivity index (χ4v) is 8.10. The number of ether oxygens (including phenoxy) is 3. The highest BCUT2D eigenvalue weighted by atomic mass is 32.2. The molecule has 3 fully saturated rings. The van der Waals surface area contributed by atoms with E-state index < -0.39 is 86.2 Å². The quantitative estimate of drug-likeness (QED) is 0.378. The number of nitrogens with one attached hydrogen (secondary N) is 3. The second-order valence-corrected chi connectivity index (χ2v) is 16.7. The highest BCUT2D eigenvalue weighted by Crippen LogP contribution is 2.46. The molecule has 2 aliphatic carbocycles. The standard InChI is InChI=1S/C34H44FN5O10S/c1-33(2,3)50-31(44)36-26-10-6-14-48-13-5-8-21-16-34(21,30(43)38-51(46,47)23-11-12-23)37-28(41)27-15-22(18-40(27)29(26)42)49-32(45)39-17-20-7-4-9-25(35)24(20)19-39/h4-5,7-9,21-23,26-27H,6,10-19H2,1-3H3,(H,36,44)(H,37,41)(H,38,43)/t21-,22-,26+,27+,34-/m1/s1. The van der Waals surface area contributed by atoms with Gasteiger partial charge in [0.05, 0.1) is 24.9 Å². The molecule has 0 bridgehead atoms. The van der Waals surface area contributed by atoms with Gasteiger partial charge in [-0.2, -0.15) is 0 Å². The van der Waals surface area contributed by atoms with Gasteiger partial charge in [0.25, 0.3) is 5.91 Å². The van der Waals surface area contributed by atoms with Crippen LogP contribution in [0.4, 0.5) is 14.0 Å². The smallest absolute Gasteiger partial charge is 0.410 e. The van der Waals surface area contributed by atoms with Gasteiger partial charge in [-0.15, -0.1) is 0 Å². The largest absolute Gasteiger partial charge is 0.444 e. The molecule has 15 nitrogen and oxygen atoms in total. The van der Waals surface area contributed by atoms with Crippen molar-refractivity contribution in [3.63, 3.8) is 0 Å². The van der Waals surface area contributed by atoms with Crippen LogP contribution in [0.3, 0.4) is 0 Å². The molecule has 0 unspecified atom stereocenters. The molecule has 0 spiro atoms. The zero-order valence-electron chi connectivity index (χ0n) is 28.8. The van der Waals surface area contributed by atoms with E-state index in [2.05, 4.69) is 15.4 Å². The third-order valence-corrected chi connectivity index (χ3v) is 11.4. The van der Waals surface area contributed by atoms with E-state index in [9.17, 15) is 36.8 Å². The van der Waals surface area contributed by atoms with Gasteiger partial charge in [0.2, 0.25) is 21.8 Å². The molecule has 6 rings (SSSR count). The molecule has 5 aliphatic rings. The number of benzene rings is 1. The molecule has 1 aromatic carbocycles. The number of fused-ring (bicyclic) bond motifs is 3. The Labute approximate surface area is 295 Å². The summed E-state index contributed by atoms with van der Waals surface area (Å²) in [6.45, 7) is 5.28. The second kappa shape index (κ2) is 14.1. The lowest BCUT2D eigenvalue weighted by atomic mass is 10.1. The van der Waals surface area contributed by atoms with Gasteiger partial charge in [-0.3, -0.25) is 24.0 Å². The van der Waals surface area contributed by atoms with Crippen molar-refractivity contribution in [1.29, 1.82) is 0 Å². The molecule has 1 aromatic rings. The number of hydrogen-bond acceptors (Lipinski definition) is 10. The van der Waals surface area contributed by atoms with Crippen LogP contribution < -0.4 is 15.4 Å². The van der Waals surface area contributed by atoms with Crippen molar-refractivity contribution in [2.24, 2.45) is 5.92 Å². The van der Waals surface area contributed by atoms with E-state index in [1.54, 1.807) is 45.1 Å². The van der Waals surface area contributed by atoms with Gasteiger partial charge in [-0.1, -0.05) is 24.3 Å². The van der Waals surface area contributed by atoms with Gasteiger partial charge < -0.3 is 29.7 Å². The van der Waals surface area contributed by atoms with Crippen molar-refractivity contribution in [2.45, 2.75) is 107 Å². The summed E-state index contributed by atoms with van der Waals surface area (Å²) in [7, 11) is -3.94. The van der Waals surface area contributed by atoms with Gasteiger partial charge in [0.15, 0.2) is 0 Å². The van der Waals surface area contributed by atoms with Crippen molar-refractivity contribution in [3.8, 4) is 0 Å².